The molecule has 3 aliphatic rings. The Kier molecular flexibility index (Phi) is 9.20. The molecule has 0 aliphatic carbocycles. The molecule has 8 nitrogen and oxygen atoms in total. The Morgan fingerprint density at radius 3 is 2.56 bits per heavy atom. The predicted molar refractivity (Wildman–Crippen MR) is 136 cm³/mol. The number of hydrogen-bond donors (Lipinski definition) is 2. The molecule has 0 saturated carbocycles. The molecule has 3 aliphatic heterocycles. The van der Waals surface area contributed by atoms with Crippen molar-refractivity contribution in [3.63, 3.8) is 0 Å². The Morgan fingerprint density at radius 1 is 1.22 bits per heavy atom. The first-order valence-electron chi connectivity index (χ1n) is 13.0. The van der Waals surface area contributed by atoms with E-state index in [1.54, 1.807) is 13.0 Å². The van der Waals surface area contributed by atoms with Crippen LogP contribution in [0.25, 0.3) is 0 Å². The molecule has 0 aromatic carbocycles. The van der Waals surface area contributed by atoms with E-state index in [4.69, 9.17) is 18.9 Å². The van der Waals surface area contributed by atoms with Gasteiger partial charge in [-0.05, 0) is 59.5 Å². The number of esters is 1. The van der Waals surface area contributed by atoms with Gasteiger partial charge in [-0.2, -0.15) is 0 Å². The van der Waals surface area contributed by atoms with Crippen molar-refractivity contribution < 1.29 is 33.6 Å². The van der Waals surface area contributed by atoms with Gasteiger partial charge in [0.1, 0.15) is 23.9 Å². The van der Waals surface area contributed by atoms with Crippen LogP contribution in [0.15, 0.2) is 36.0 Å². The van der Waals surface area contributed by atoms with Crippen LogP contribution in [0.4, 0.5) is 0 Å². The first kappa shape index (κ1) is 28.6. The molecule has 3 saturated heterocycles. The van der Waals surface area contributed by atoms with Crippen LogP contribution >= 0.6 is 0 Å². The van der Waals surface area contributed by atoms with E-state index in [1.807, 2.05) is 39.8 Å². The summed E-state index contributed by atoms with van der Waals surface area (Å²) in [5.74, 6) is -0.346. The number of aliphatic hydroxyl groups excluding tert-OH is 1. The monoisotopic (exact) mass is 505 g/mol. The lowest BCUT2D eigenvalue weighted by atomic mass is 9.83. The molecular weight excluding hydrogens is 462 g/mol. The van der Waals surface area contributed by atoms with E-state index in [0.717, 1.165) is 18.4 Å². The second-order valence-corrected chi connectivity index (χ2v) is 11.2. The summed E-state index contributed by atoms with van der Waals surface area (Å²) in [4.78, 5) is 23.3. The van der Waals surface area contributed by atoms with E-state index in [1.165, 1.54) is 13.0 Å². The summed E-state index contributed by atoms with van der Waals surface area (Å²) in [6.45, 7) is 13.8. The largest absolute Gasteiger partial charge is 0.459 e. The van der Waals surface area contributed by atoms with Crippen molar-refractivity contribution in [2.24, 2.45) is 5.92 Å². The molecule has 8 heteroatoms. The summed E-state index contributed by atoms with van der Waals surface area (Å²) in [5.41, 5.74) is 0.274. The van der Waals surface area contributed by atoms with E-state index >= 15 is 0 Å². The molecule has 1 amide bonds. The Labute approximate surface area is 215 Å². The van der Waals surface area contributed by atoms with Crippen molar-refractivity contribution >= 4 is 11.9 Å². The fourth-order valence-corrected chi connectivity index (χ4v) is 5.19. The number of carbonyl (C=O) groups is 2. The Hall–Kier alpha value is -2.00. The number of epoxide rings is 1. The number of carbonyl (C=O) groups excluding carboxylic acids is 2. The summed E-state index contributed by atoms with van der Waals surface area (Å²) in [6, 6.07) is -0.0901. The second kappa shape index (κ2) is 11.6. The third-order valence-corrected chi connectivity index (χ3v) is 7.18. The van der Waals surface area contributed by atoms with Gasteiger partial charge in [0.2, 0.25) is 5.91 Å². The number of rotatable bonds is 8. The van der Waals surface area contributed by atoms with Crippen LogP contribution in [0.3, 0.4) is 0 Å². The first-order chi connectivity index (χ1) is 16.8. The number of nitrogens with one attached hydrogen (secondary N) is 1. The van der Waals surface area contributed by atoms with Crippen LogP contribution in [0.1, 0.15) is 67.7 Å². The van der Waals surface area contributed by atoms with Gasteiger partial charge in [0.05, 0.1) is 30.5 Å². The molecule has 0 aromatic heterocycles. The Balaban J connectivity index is 1.49. The maximum absolute atomic E-state index is 12.3. The number of amides is 1. The molecule has 0 radical (unpaired) electrons. The van der Waals surface area contributed by atoms with Crippen molar-refractivity contribution in [2.45, 2.75) is 115 Å². The van der Waals surface area contributed by atoms with Crippen LogP contribution in [0.2, 0.25) is 0 Å². The standard InChI is InChI=1S/C28H43NO7/c1-17(9-12-24-26(32)28(16-33-28)15-27(6,7)36-24)8-11-23-18(2)14-22(20(4)35-23)29-25(31)13-10-19(3)34-21(5)30/h8-10,12-13,18-20,22-24,26,32H,11,14-16H2,1-7H3,(H,29,31)/b12-9+,13-10-,17-8+/t18?,19-,20+,22+,23-,24+,26+,28+/m0/s1. The van der Waals surface area contributed by atoms with Crippen molar-refractivity contribution in [1.82, 2.24) is 5.32 Å². The first-order valence-corrected chi connectivity index (χ1v) is 13.0. The zero-order chi connectivity index (χ0) is 26.7. The van der Waals surface area contributed by atoms with Crippen molar-refractivity contribution in [1.29, 1.82) is 0 Å². The summed E-state index contributed by atoms with van der Waals surface area (Å²) in [5, 5.41) is 13.7. The molecule has 1 spiro atoms. The normalized spacial score (nSPS) is 37.3. The van der Waals surface area contributed by atoms with E-state index < -0.39 is 23.9 Å². The summed E-state index contributed by atoms with van der Waals surface area (Å²) in [6.07, 6.45) is 9.71. The lowest BCUT2D eigenvalue weighted by Gasteiger charge is -2.41. The maximum atomic E-state index is 12.3. The molecule has 3 fully saturated rings. The van der Waals surface area contributed by atoms with E-state index in [2.05, 4.69) is 18.3 Å². The molecule has 0 bridgehead atoms. The lowest BCUT2D eigenvalue weighted by molar-refractivity contribution is -0.171. The summed E-state index contributed by atoms with van der Waals surface area (Å²) in [7, 11) is 0. The zero-order valence-corrected chi connectivity index (χ0v) is 22.7. The summed E-state index contributed by atoms with van der Waals surface area (Å²) >= 11 is 0. The van der Waals surface area contributed by atoms with Gasteiger partial charge in [-0.1, -0.05) is 30.7 Å². The van der Waals surface area contributed by atoms with Gasteiger partial charge < -0.3 is 29.4 Å². The molecule has 3 heterocycles. The van der Waals surface area contributed by atoms with Gasteiger partial charge in [-0.15, -0.1) is 0 Å². The highest BCUT2D eigenvalue weighted by Gasteiger charge is 2.60. The van der Waals surface area contributed by atoms with Crippen LogP contribution in [0, 0.1) is 5.92 Å². The molecule has 2 N–H and O–H groups in total. The predicted octanol–water partition coefficient (Wildman–Crippen LogP) is 3.38. The van der Waals surface area contributed by atoms with Crippen LogP contribution in [-0.4, -0.2) is 71.4 Å². The minimum absolute atomic E-state index is 0.0506. The molecule has 1 unspecified atom stereocenters. The van der Waals surface area contributed by atoms with E-state index in [0.29, 0.717) is 13.0 Å². The average Bonchev–Trinajstić information content (AvgIpc) is 3.54. The number of ether oxygens (including phenoxy) is 4. The fraction of sp³-hybridized carbons (Fsp3) is 0.714. The number of hydrogen-bond acceptors (Lipinski definition) is 7. The highest BCUT2D eigenvalue weighted by Crippen LogP contribution is 2.46. The van der Waals surface area contributed by atoms with Crippen molar-refractivity contribution in [3.05, 3.63) is 36.0 Å². The van der Waals surface area contributed by atoms with Crippen LogP contribution < -0.4 is 5.32 Å². The van der Waals surface area contributed by atoms with E-state index in [9.17, 15) is 14.7 Å². The van der Waals surface area contributed by atoms with Crippen molar-refractivity contribution in [3.8, 4) is 0 Å². The van der Waals surface area contributed by atoms with Crippen LogP contribution in [0.5, 0.6) is 0 Å². The van der Waals surface area contributed by atoms with Gasteiger partial charge >= 0.3 is 5.97 Å². The third kappa shape index (κ3) is 7.75. The zero-order valence-electron chi connectivity index (χ0n) is 22.7. The molecule has 8 atom stereocenters. The van der Waals surface area contributed by atoms with Gasteiger partial charge in [0.15, 0.2) is 0 Å². The van der Waals surface area contributed by atoms with Crippen molar-refractivity contribution in [2.75, 3.05) is 6.61 Å². The molecule has 3 rings (SSSR count). The van der Waals surface area contributed by atoms with Gasteiger partial charge in [-0.3, -0.25) is 9.59 Å². The highest BCUT2D eigenvalue weighted by molar-refractivity contribution is 5.87. The smallest absolute Gasteiger partial charge is 0.303 e. The number of aliphatic hydroxyl groups is 1. The number of allylic oxidation sites excluding steroid dienone is 2. The Bertz CT molecular complexity index is 888. The molecular formula is C28H43NO7. The average molecular weight is 506 g/mol. The van der Waals surface area contributed by atoms with Gasteiger partial charge in [0, 0.05) is 19.4 Å². The Morgan fingerprint density at radius 2 is 1.92 bits per heavy atom. The molecule has 202 valence electrons. The molecule has 36 heavy (non-hydrogen) atoms. The quantitative estimate of drug-likeness (QED) is 0.225. The van der Waals surface area contributed by atoms with E-state index in [-0.39, 0.29) is 41.6 Å². The lowest BCUT2D eigenvalue weighted by Crippen LogP contribution is -2.53. The third-order valence-electron chi connectivity index (χ3n) is 7.18. The SMILES string of the molecule is CC(=O)O[C@@H](C)/C=C\C(=O)N[C@@H]1CC(C)[C@H](C/C=C(C)/C=C/[C@H]2OC(C)(C)C[C@@]3(CO3)[C@@H]2O)O[C@@H]1C. The molecule has 0 aromatic rings. The highest BCUT2D eigenvalue weighted by atomic mass is 16.6. The minimum atomic E-state index is -0.663. The van der Waals surface area contributed by atoms with Gasteiger partial charge in [-0.25, -0.2) is 0 Å². The second-order valence-electron chi connectivity index (χ2n) is 11.2. The summed E-state index contributed by atoms with van der Waals surface area (Å²) < 4.78 is 23.0. The fourth-order valence-electron chi connectivity index (χ4n) is 5.19. The topological polar surface area (TPSA) is 107 Å². The van der Waals surface area contributed by atoms with Crippen LogP contribution in [-0.2, 0) is 28.5 Å². The van der Waals surface area contributed by atoms with Gasteiger partial charge in [0.25, 0.3) is 0 Å². The minimum Gasteiger partial charge on any atom is -0.459 e. The maximum Gasteiger partial charge on any atom is 0.303 e.